The quantitative estimate of drug-likeness (QED) is 0.122. The number of para-hydroxylation sites is 6. The maximum atomic E-state index is 14.9. The Bertz CT molecular complexity index is 2980. The van der Waals surface area contributed by atoms with E-state index in [1.165, 1.54) is 0 Å². The number of aliphatic hydroxyl groups is 2. The van der Waals surface area contributed by atoms with Crippen molar-refractivity contribution in [3.63, 3.8) is 0 Å². The molecule has 0 radical (unpaired) electrons. The number of carbonyl (C=O) groups excluding carboxylic acids is 3. The van der Waals surface area contributed by atoms with E-state index in [0.29, 0.717) is 93.2 Å². The number of nitrogens with zero attached hydrogens (tertiary/aromatic N) is 6. The first kappa shape index (κ1) is 40.2. The Kier molecular flexibility index (Phi) is 10.3. The minimum Gasteiger partial charge on any atom is -0.454 e. The van der Waals surface area contributed by atoms with Crippen molar-refractivity contribution in [1.29, 1.82) is 0 Å². The summed E-state index contributed by atoms with van der Waals surface area (Å²) in [5, 5.41) is 30.4. The number of hydrogen-bond donors (Lipinski definition) is 2. The largest absolute Gasteiger partial charge is 0.454 e. The fraction of sp³-hybridized carbons (Fsp3) is 0.157. The number of hydrogen-bond acceptors (Lipinski definition) is 9. The van der Waals surface area contributed by atoms with E-state index in [-0.39, 0.29) is 25.0 Å². The SMILES string of the molecule is C[C@H](/C=C/CCn1cc(CCO)nn1)[C@@]1(O)C(=O)N(Cc2ccc(N3C(=O)c4ccccc4Oc4ccccc43)cc2)c2ccc(N3C(=O)c4ccccc4Oc4ccccc43)cc21. The van der Waals surface area contributed by atoms with Crippen molar-refractivity contribution in [3.05, 3.63) is 186 Å². The van der Waals surface area contributed by atoms with E-state index >= 15 is 0 Å². The third-order valence-electron chi connectivity index (χ3n) is 11.9. The zero-order valence-electron chi connectivity index (χ0n) is 34.7. The molecule has 10 rings (SSSR count). The zero-order chi connectivity index (χ0) is 44.0. The number of aryl methyl sites for hydroxylation is 1. The Balaban J connectivity index is 0.998. The highest BCUT2D eigenvalue weighted by Gasteiger charge is 2.53. The third-order valence-corrected chi connectivity index (χ3v) is 11.9. The summed E-state index contributed by atoms with van der Waals surface area (Å²) in [6.45, 7) is 2.39. The molecule has 0 unspecified atom stereocenters. The molecule has 13 nitrogen and oxygen atoms in total. The molecule has 3 aliphatic rings. The molecule has 3 amide bonds. The first-order chi connectivity index (χ1) is 31.2. The highest BCUT2D eigenvalue weighted by Crippen LogP contribution is 2.50. The van der Waals surface area contributed by atoms with Crippen LogP contribution >= 0.6 is 0 Å². The van der Waals surface area contributed by atoms with E-state index in [1.807, 2.05) is 84.9 Å². The fourth-order valence-electron chi connectivity index (χ4n) is 8.62. The van der Waals surface area contributed by atoms with Crippen LogP contribution in [0.15, 0.2) is 158 Å². The predicted octanol–water partition coefficient (Wildman–Crippen LogP) is 9.00. The molecule has 4 heterocycles. The van der Waals surface area contributed by atoms with Gasteiger partial charge in [0.2, 0.25) is 0 Å². The molecule has 0 spiro atoms. The first-order valence-electron chi connectivity index (χ1n) is 21.1. The number of allylic oxidation sites excluding steroid dienone is 1. The van der Waals surface area contributed by atoms with Crippen LogP contribution in [-0.4, -0.2) is 49.5 Å². The second-order valence-corrected chi connectivity index (χ2v) is 15.9. The van der Waals surface area contributed by atoms with Crippen LogP contribution in [0.5, 0.6) is 23.0 Å². The summed E-state index contributed by atoms with van der Waals surface area (Å²) in [6, 6.07) is 41.5. The second-order valence-electron chi connectivity index (χ2n) is 15.9. The number of rotatable bonds is 11. The molecule has 0 saturated heterocycles. The average molecular weight is 851 g/mol. The van der Waals surface area contributed by atoms with Crippen LogP contribution in [0.4, 0.5) is 28.4 Å². The summed E-state index contributed by atoms with van der Waals surface area (Å²) in [4.78, 5) is 48.2. The van der Waals surface area contributed by atoms with Crippen LogP contribution in [0.3, 0.4) is 0 Å². The monoisotopic (exact) mass is 850 g/mol. The van der Waals surface area contributed by atoms with Gasteiger partial charge in [0.15, 0.2) is 17.1 Å². The van der Waals surface area contributed by atoms with Gasteiger partial charge in [-0.1, -0.05) is 85.0 Å². The minimum absolute atomic E-state index is 0.0202. The van der Waals surface area contributed by atoms with Crippen molar-refractivity contribution < 1.29 is 34.1 Å². The van der Waals surface area contributed by atoms with E-state index in [4.69, 9.17) is 9.47 Å². The van der Waals surface area contributed by atoms with Crippen molar-refractivity contribution in [2.45, 2.75) is 38.5 Å². The van der Waals surface area contributed by atoms with E-state index in [9.17, 15) is 24.6 Å². The number of fused-ring (bicyclic) bond motifs is 5. The van der Waals surface area contributed by atoms with Gasteiger partial charge in [0.25, 0.3) is 17.7 Å². The lowest BCUT2D eigenvalue weighted by Crippen LogP contribution is -2.44. The van der Waals surface area contributed by atoms with Gasteiger partial charge >= 0.3 is 0 Å². The molecule has 6 aromatic carbocycles. The Morgan fingerprint density at radius 3 is 1.88 bits per heavy atom. The molecule has 7 aromatic rings. The van der Waals surface area contributed by atoms with E-state index < -0.39 is 17.4 Å². The zero-order valence-corrected chi connectivity index (χ0v) is 34.7. The summed E-state index contributed by atoms with van der Waals surface area (Å²) < 4.78 is 14.1. The predicted molar refractivity (Wildman–Crippen MR) is 241 cm³/mol. The third kappa shape index (κ3) is 6.96. The van der Waals surface area contributed by atoms with E-state index in [2.05, 4.69) is 10.3 Å². The molecule has 0 aliphatic carbocycles. The normalized spacial score (nSPS) is 16.9. The molecule has 1 aromatic heterocycles. The van der Waals surface area contributed by atoms with Crippen LogP contribution in [0.2, 0.25) is 0 Å². The molecule has 318 valence electrons. The van der Waals surface area contributed by atoms with Crippen molar-refractivity contribution in [1.82, 2.24) is 15.0 Å². The Hall–Kier alpha value is -7.87. The lowest BCUT2D eigenvalue weighted by atomic mass is 9.82. The van der Waals surface area contributed by atoms with Gasteiger partial charge in [-0.15, -0.1) is 5.10 Å². The number of aliphatic hydroxyl groups excluding tert-OH is 1. The molecule has 0 fully saturated rings. The molecule has 2 atom stereocenters. The van der Waals surface area contributed by atoms with Gasteiger partial charge < -0.3 is 24.6 Å². The molecule has 64 heavy (non-hydrogen) atoms. The highest BCUT2D eigenvalue weighted by atomic mass is 16.5. The lowest BCUT2D eigenvalue weighted by molar-refractivity contribution is -0.139. The van der Waals surface area contributed by atoms with Gasteiger partial charge in [0.05, 0.1) is 40.4 Å². The number of ether oxygens (including phenoxy) is 2. The molecule has 2 N–H and O–H groups in total. The number of carbonyl (C=O) groups is 3. The number of benzene rings is 6. The smallest absolute Gasteiger partial charge is 0.266 e. The van der Waals surface area contributed by atoms with Crippen LogP contribution in [-0.2, 0) is 29.9 Å². The maximum absolute atomic E-state index is 14.9. The summed E-state index contributed by atoms with van der Waals surface area (Å²) in [7, 11) is 0. The minimum atomic E-state index is -2.03. The topological polar surface area (TPSA) is 151 Å². The summed E-state index contributed by atoms with van der Waals surface area (Å²) in [6.07, 6.45) is 6.47. The summed E-state index contributed by atoms with van der Waals surface area (Å²) >= 11 is 0. The number of amides is 3. The van der Waals surface area contributed by atoms with Crippen LogP contribution in [0.1, 0.15) is 50.9 Å². The van der Waals surface area contributed by atoms with Gasteiger partial charge in [0, 0.05) is 48.6 Å². The first-order valence-corrected chi connectivity index (χ1v) is 21.1. The Morgan fingerprint density at radius 2 is 1.25 bits per heavy atom. The highest BCUT2D eigenvalue weighted by molar-refractivity contribution is 6.16. The van der Waals surface area contributed by atoms with Crippen LogP contribution in [0.25, 0.3) is 0 Å². The molecular formula is C51H42N6O7. The number of aromatic nitrogens is 3. The summed E-state index contributed by atoms with van der Waals surface area (Å²) in [5.41, 5.74) is 3.22. The van der Waals surface area contributed by atoms with Crippen molar-refractivity contribution >= 4 is 46.2 Å². The Morgan fingerprint density at radius 1 is 0.688 bits per heavy atom. The maximum Gasteiger partial charge on any atom is 0.266 e. The lowest BCUT2D eigenvalue weighted by Gasteiger charge is -2.28. The van der Waals surface area contributed by atoms with Gasteiger partial charge in [-0.25, -0.2) is 0 Å². The summed E-state index contributed by atoms with van der Waals surface area (Å²) in [5.74, 6) is 0.109. The van der Waals surface area contributed by atoms with Gasteiger partial charge in [-0.3, -0.25) is 28.9 Å². The van der Waals surface area contributed by atoms with Gasteiger partial charge in [0.1, 0.15) is 11.5 Å². The molecule has 3 aliphatic heterocycles. The van der Waals surface area contributed by atoms with E-state index in [0.717, 1.165) is 5.56 Å². The van der Waals surface area contributed by atoms with Crippen LogP contribution < -0.4 is 24.2 Å². The van der Waals surface area contributed by atoms with Crippen LogP contribution in [0, 0.1) is 5.92 Å². The second kappa shape index (κ2) is 16.4. The number of anilines is 5. The molecule has 0 bridgehead atoms. The van der Waals surface area contributed by atoms with Gasteiger partial charge in [-0.05, 0) is 90.8 Å². The molecular weight excluding hydrogens is 809 g/mol. The van der Waals surface area contributed by atoms with Crippen molar-refractivity contribution in [3.8, 4) is 23.0 Å². The average Bonchev–Trinajstić information content (AvgIpc) is 3.77. The fourth-order valence-corrected chi connectivity index (χ4v) is 8.62. The van der Waals surface area contributed by atoms with E-state index in [1.54, 1.807) is 99.2 Å². The Labute approximate surface area is 368 Å². The standard InChI is InChI=1S/C51H42N6O7/c1-33(12-10-11-28-54-32-35(27-29-58)52-53-54)51(62)40-30-37(57-43-16-5-9-20-47(43)64-45-18-7-3-14-39(45)49(57)60)25-26-41(40)55(50(51)61)31-34-21-23-36(24-22-34)56-42-15-4-8-19-46(42)63-44-17-6-2-13-38(44)48(56)59/h2-10,12-26,30,32-33,58,62H,11,27-29,31H2,1H3/b12-10+/t33-,51+/m1/s1. The molecule has 13 heteroatoms. The molecule has 0 saturated carbocycles. The van der Waals surface area contributed by atoms with Gasteiger partial charge in [-0.2, -0.15) is 0 Å². The van der Waals surface area contributed by atoms with Crippen molar-refractivity contribution in [2.24, 2.45) is 5.92 Å². The van der Waals surface area contributed by atoms with Crippen molar-refractivity contribution in [2.75, 3.05) is 21.3 Å².